The van der Waals surface area contributed by atoms with Crippen LogP contribution in [0.15, 0.2) is 12.2 Å². The Labute approximate surface area is 84.6 Å². The predicted molar refractivity (Wildman–Crippen MR) is 53.6 cm³/mol. The van der Waals surface area contributed by atoms with E-state index in [0.29, 0.717) is 0 Å². The fourth-order valence-electron chi connectivity index (χ4n) is 4.02. The molecule has 2 nitrogen and oxygen atoms in total. The zero-order valence-electron chi connectivity index (χ0n) is 8.39. The predicted octanol–water partition coefficient (Wildman–Crippen LogP) is 1.19. The van der Waals surface area contributed by atoms with E-state index >= 15 is 0 Å². The fourth-order valence-corrected chi connectivity index (χ4v) is 4.02. The van der Waals surface area contributed by atoms with Crippen molar-refractivity contribution in [2.45, 2.75) is 19.3 Å². The van der Waals surface area contributed by atoms with Gasteiger partial charge in [0, 0.05) is 5.41 Å². The molecule has 0 saturated heterocycles. The van der Waals surface area contributed by atoms with E-state index in [1.807, 2.05) is 0 Å². The number of hydrogen-bond donors (Lipinski definition) is 2. The number of aliphatic hydroxyl groups is 2. The molecule has 0 radical (unpaired) electrons. The van der Waals surface area contributed by atoms with Gasteiger partial charge in [0.05, 0.1) is 13.2 Å². The maximum Gasteiger partial charge on any atom is 0.0509 e. The summed E-state index contributed by atoms with van der Waals surface area (Å²) in [7, 11) is 0. The average molecular weight is 194 g/mol. The first kappa shape index (κ1) is 8.93. The van der Waals surface area contributed by atoms with Crippen molar-refractivity contribution < 1.29 is 10.2 Å². The molecule has 2 N–H and O–H groups in total. The van der Waals surface area contributed by atoms with Crippen LogP contribution in [0.25, 0.3) is 0 Å². The standard InChI is InChI=1S/C12H18O2/c13-6-12(7-14)4-10-8-1-2-9(3-8)11(10)5-12/h1-2,8-11,13-14H,3-7H2/t8-,9+,10-,11-/m1/s1. The monoisotopic (exact) mass is 194 g/mol. The number of fused-ring (bicyclic) bond motifs is 5. The lowest BCUT2D eigenvalue weighted by molar-refractivity contribution is 0.0510. The van der Waals surface area contributed by atoms with E-state index in [0.717, 1.165) is 36.5 Å². The molecule has 2 bridgehead atoms. The van der Waals surface area contributed by atoms with Crippen LogP contribution in [-0.2, 0) is 0 Å². The van der Waals surface area contributed by atoms with Crippen LogP contribution >= 0.6 is 0 Å². The van der Waals surface area contributed by atoms with Crippen LogP contribution in [0.5, 0.6) is 0 Å². The molecule has 2 fully saturated rings. The SMILES string of the molecule is OCC1(CO)C[C@H]2[C@H](C1)[C@H]1C=C[C@@H]2C1. The normalized spacial score (nSPS) is 47.3. The molecular weight excluding hydrogens is 176 g/mol. The summed E-state index contributed by atoms with van der Waals surface area (Å²) in [6, 6.07) is 0. The van der Waals surface area contributed by atoms with E-state index in [2.05, 4.69) is 12.2 Å². The first-order valence-corrected chi connectivity index (χ1v) is 5.68. The second-order valence-corrected chi connectivity index (χ2v) is 5.50. The topological polar surface area (TPSA) is 40.5 Å². The molecule has 4 atom stereocenters. The van der Waals surface area contributed by atoms with Gasteiger partial charge < -0.3 is 10.2 Å². The largest absolute Gasteiger partial charge is 0.396 e. The lowest BCUT2D eigenvalue weighted by Gasteiger charge is -2.25. The van der Waals surface area contributed by atoms with Gasteiger partial charge in [0.15, 0.2) is 0 Å². The van der Waals surface area contributed by atoms with Crippen molar-refractivity contribution >= 4 is 0 Å². The molecule has 3 aliphatic rings. The number of hydrogen-bond acceptors (Lipinski definition) is 2. The Balaban J connectivity index is 1.84. The summed E-state index contributed by atoms with van der Waals surface area (Å²) in [6.45, 7) is 0.325. The Morgan fingerprint density at radius 3 is 1.93 bits per heavy atom. The van der Waals surface area contributed by atoms with Crippen molar-refractivity contribution in [3.05, 3.63) is 12.2 Å². The zero-order chi connectivity index (χ0) is 9.76. The molecule has 0 spiro atoms. The smallest absolute Gasteiger partial charge is 0.0509 e. The highest BCUT2D eigenvalue weighted by Crippen LogP contribution is 2.60. The summed E-state index contributed by atoms with van der Waals surface area (Å²) < 4.78 is 0. The Kier molecular flexibility index (Phi) is 1.80. The van der Waals surface area contributed by atoms with Gasteiger partial charge >= 0.3 is 0 Å². The van der Waals surface area contributed by atoms with Crippen LogP contribution < -0.4 is 0 Å². The molecule has 3 aliphatic carbocycles. The summed E-state index contributed by atoms with van der Waals surface area (Å²) in [6.07, 6.45) is 8.13. The van der Waals surface area contributed by atoms with Gasteiger partial charge in [0.2, 0.25) is 0 Å². The molecule has 0 amide bonds. The third kappa shape index (κ3) is 0.986. The number of rotatable bonds is 2. The highest BCUT2D eigenvalue weighted by molar-refractivity contribution is 5.17. The van der Waals surface area contributed by atoms with E-state index in [-0.39, 0.29) is 18.6 Å². The van der Waals surface area contributed by atoms with Crippen LogP contribution in [-0.4, -0.2) is 23.4 Å². The van der Waals surface area contributed by atoms with E-state index in [1.54, 1.807) is 0 Å². The van der Waals surface area contributed by atoms with Crippen molar-refractivity contribution in [3.8, 4) is 0 Å². The second-order valence-electron chi connectivity index (χ2n) is 5.50. The van der Waals surface area contributed by atoms with Gasteiger partial charge in [0.25, 0.3) is 0 Å². The first-order chi connectivity index (χ1) is 6.78. The van der Waals surface area contributed by atoms with Gasteiger partial charge in [-0.05, 0) is 42.9 Å². The van der Waals surface area contributed by atoms with Gasteiger partial charge in [-0.1, -0.05) is 12.2 Å². The molecule has 14 heavy (non-hydrogen) atoms. The maximum atomic E-state index is 9.38. The Morgan fingerprint density at radius 1 is 1.00 bits per heavy atom. The zero-order valence-corrected chi connectivity index (χ0v) is 8.39. The third-order valence-corrected chi connectivity index (χ3v) is 4.81. The second kappa shape index (κ2) is 2.83. The highest BCUT2D eigenvalue weighted by Gasteiger charge is 2.54. The van der Waals surface area contributed by atoms with E-state index < -0.39 is 0 Å². The Morgan fingerprint density at radius 2 is 1.50 bits per heavy atom. The van der Waals surface area contributed by atoms with E-state index in [1.165, 1.54) is 6.42 Å². The highest BCUT2D eigenvalue weighted by atomic mass is 16.3. The van der Waals surface area contributed by atoms with Gasteiger partial charge in [-0.2, -0.15) is 0 Å². The number of allylic oxidation sites excluding steroid dienone is 2. The minimum atomic E-state index is -0.154. The summed E-state index contributed by atoms with van der Waals surface area (Å²) in [5.74, 6) is 3.02. The van der Waals surface area contributed by atoms with Gasteiger partial charge in [-0.15, -0.1) is 0 Å². The van der Waals surface area contributed by atoms with Crippen LogP contribution in [0.1, 0.15) is 19.3 Å². The lowest BCUT2D eigenvalue weighted by Crippen LogP contribution is -2.27. The van der Waals surface area contributed by atoms with Crippen molar-refractivity contribution in [3.63, 3.8) is 0 Å². The summed E-state index contributed by atoms with van der Waals surface area (Å²) in [4.78, 5) is 0. The van der Waals surface area contributed by atoms with Gasteiger partial charge in [0.1, 0.15) is 0 Å². The minimum absolute atomic E-state index is 0.154. The van der Waals surface area contributed by atoms with Crippen LogP contribution in [0.3, 0.4) is 0 Å². The molecule has 0 aromatic carbocycles. The lowest BCUT2D eigenvalue weighted by atomic mass is 9.84. The molecule has 2 saturated carbocycles. The molecule has 3 rings (SSSR count). The Hall–Kier alpha value is -0.340. The van der Waals surface area contributed by atoms with Crippen molar-refractivity contribution in [2.24, 2.45) is 29.1 Å². The van der Waals surface area contributed by atoms with Crippen LogP contribution in [0.4, 0.5) is 0 Å². The number of aliphatic hydroxyl groups excluding tert-OH is 2. The maximum absolute atomic E-state index is 9.38. The molecule has 0 unspecified atom stereocenters. The summed E-state index contributed by atoms with van der Waals surface area (Å²) in [5.41, 5.74) is -0.154. The summed E-state index contributed by atoms with van der Waals surface area (Å²) >= 11 is 0. The molecule has 78 valence electrons. The van der Waals surface area contributed by atoms with E-state index in [9.17, 15) is 10.2 Å². The fraction of sp³-hybridized carbons (Fsp3) is 0.833. The molecule has 0 aromatic heterocycles. The van der Waals surface area contributed by atoms with Gasteiger partial charge in [-0.3, -0.25) is 0 Å². The third-order valence-electron chi connectivity index (χ3n) is 4.81. The van der Waals surface area contributed by atoms with Crippen molar-refractivity contribution in [1.29, 1.82) is 0 Å². The van der Waals surface area contributed by atoms with Gasteiger partial charge in [-0.25, -0.2) is 0 Å². The molecule has 0 aliphatic heterocycles. The quantitative estimate of drug-likeness (QED) is 0.648. The molecular formula is C12H18O2. The Bertz CT molecular complexity index is 245. The summed E-state index contributed by atoms with van der Waals surface area (Å²) in [5, 5.41) is 18.8. The van der Waals surface area contributed by atoms with Crippen LogP contribution in [0.2, 0.25) is 0 Å². The van der Waals surface area contributed by atoms with Crippen molar-refractivity contribution in [2.75, 3.05) is 13.2 Å². The van der Waals surface area contributed by atoms with E-state index in [4.69, 9.17) is 0 Å². The molecule has 0 heterocycles. The molecule has 2 heteroatoms. The first-order valence-electron chi connectivity index (χ1n) is 5.68. The average Bonchev–Trinajstić information content (AvgIpc) is 2.88. The van der Waals surface area contributed by atoms with Crippen LogP contribution in [0, 0.1) is 29.1 Å². The minimum Gasteiger partial charge on any atom is -0.396 e. The van der Waals surface area contributed by atoms with Crippen molar-refractivity contribution in [1.82, 2.24) is 0 Å². The molecule has 0 aromatic rings.